The second-order valence-electron chi connectivity index (χ2n) is 6.43. The summed E-state index contributed by atoms with van der Waals surface area (Å²) in [5.41, 5.74) is 7.51. The smallest absolute Gasteiger partial charge is 0.138 e. The summed E-state index contributed by atoms with van der Waals surface area (Å²) < 4.78 is 0. The number of hydrogen-bond donors (Lipinski definition) is 1. The summed E-state index contributed by atoms with van der Waals surface area (Å²) in [6.07, 6.45) is 7.35. The van der Waals surface area contributed by atoms with Gasteiger partial charge in [0.1, 0.15) is 5.78 Å². The van der Waals surface area contributed by atoms with Gasteiger partial charge in [-0.15, -0.1) is 0 Å². The van der Waals surface area contributed by atoms with E-state index in [0.29, 0.717) is 18.1 Å². The summed E-state index contributed by atoms with van der Waals surface area (Å²) in [6.45, 7) is 0. The second kappa shape index (κ2) is 5.09. The van der Waals surface area contributed by atoms with Crippen LogP contribution < -0.4 is 5.73 Å². The van der Waals surface area contributed by atoms with Crippen molar-refractivity contribution in [2.24, 2.45) is 11.7 Å². The highest BCUT2D eigenvalue weighted by Gasteiger charge is 2.45. The molecule has 2 saturated carbocycles. The molecule has 3 rings (SSSR count). The first kappa shape index (κ1) is 12.9. The van der Waals surface area contributed by atoms with E-state index in [-0.39, 0.29) is 11.5 Å². The molecule has 0 bridgehead atoms. The number of nitrogens with two attached hydrogens (primary N) is 1. The molecule has 0 amide bonds. The van der Waals surface area contributed by atoms with Gasteiger partial charge in [0.05, 0.1) is 0 Å². The predicted octanol–water partition coefficient (Wildman–Crippen LogP) is 3.41. The van der Waals surface area contributed by atoms with Crippen molar-refractivity contribution in [3.05, 3.63) is 35.9 Å². The molecule has 2 atom stereocenters. The molecular formula is C17H23NO. The maximum absolute atomic E-state index is 12.4. The Balaban J connectivity index is 1.58. The fraction of sp³-hybridized carbons (Fsp3) is 0.588. The number of Topliss-reactive ketones (excluding diaryl/α,β-unsaturated/α-hetero) is 1. The Morgan fingerprint density at radius 1 is 1.16 bits per heavy atom. The zero-order chi connectivity index (χ0) is 13.3. The fourth-order valence-corrected chi connectivity index (χ4v) is 3.53. The Kier molecular flexibility index (Phi) is 3.44. The van der Waals surface area contributed by atoms with Gasteiger partial charge >= 0.3 is 0 Å². The van der Waals surface area contributed by atoms with Crippen molar-refractivity contribution in [1.82, 2.24) is 0 Å². The van der Waals surface area contributed by atoms with Crippen LogP contribution in [0, 0.1) is 5.92 Å². The minimum absolute atomic E-state index is 0.195. The molecule has 1 aromatic rings. The molecular weight excluding hydrogens is 234 g/mol. The van der Waals surface area contributed by atoms with E-state index in [1.54, 1.807) is 0 Å². The molecule has 2 fully saturated rings. The Hall–Kier alpha value is -1.15. The first-order valence-electron chi connectivity index (χ1n) is 7.54. The molecule has 2 aliphatic carbocycles. The zero-order valence-electron chi connectivity index (χ0n) is 11.5. The Labute approximate surface area is 115 Å². The van der Waals surface area contributed by atoms with E-state index in [1.807, 2.05) is 6.07 Å². The lowest BCUT2D eigenvalue weighted by Crippen LogP contribution is -2.43. The third-order valence-electron chi connectivity index (χ3n) is 4.81. The van der Waals surface area contributed by atoms with E-state index in [1.165, 1.54) is 24.8 Å². The van der Waals surface area contributed by atoms with Gasteiger partial charge in [-0.3, -0.25) is 4.79 Å². The van der Waals surface area contributed by atoms with Crippen molar-refractivity contribution >= 4 is 5.78 Å². The molecule has 0 saturated heterocycles. The number of ketones is 1. The summed E-state index contributed by atoms with van der Waals surface area (Å²) in [5.74, 6) is 1.10. The summed E-state index contributed by atoms with van der Waals surface area (Å²) in [7, 11) is 0. The molecule has 2 N–H and O–H groups in total. The molecule has 0 heterocycles. The van der Waals surface area contributed by atoms with E-state index >= 15 is 0 Å². The quantitative estimate of drug-likeness (QED) is 0.898. The Morgan fingerprint density at radius 3 is 2.53 bits per heavy atom. The topological polar surface area (TPSA) is 43.1 Å². The van der Waals surface area contributed by atoms with Crippen LogP contribution >= 0.6 is 0 Å². The van der Waals surface area contributed by atoms with E-state index in [9.17, 15) is 4.79 Å². The van der Waals surface area contributed by atoms with Crippen LogP contribution in [0.15, 0.2) is 30.3 Å². The van der Waals surface area contributed by atoms with Crippen LogP contribution in [0.4, 0.5) is 0 Å². The van der Waals surface area contributed by atoms with Gasteiger partial charge in [-0.05, 0) is 30.7 Å². The zero-order valence-corrected chi connectivity index (χ0v) is 11.5. The molecule has 2 nitrogen and oxygen atoms in total. The fourth-order valence-electron chi connectivity index (χ4n) is 3.53. The van der Waals surface area contributed by atoms with E-state index in [4.69, 9.17) is 5.73 Å². The van der Waals surface area contributed by atoms with Gasteiger partial charge < -0.3 is 5.73 Å². The number of rotatable bonds is 4. The van der Waals surface area contributed by atoms with E-state index < -0.39 is 0 Å². The van der Waals surface area contributed by atoms with Gasteiger partial charge in [-0.2, -0.15) is 0 Å². The van der Waals surface area contributed by atoms with Crippen LogP contribution in [0.3, 0.4) is 0 Å². The number of carbonyl (C=O) groups excluding carboxylic acids is 1. The molecule has 0 radical (unpaired) electrons. The third-order valence-corrected chi connectivity index (χ3v) is 4.81. The van der Waals surface area contributed by atoms with E-state index in [0.717, 1.165) is 19.3 Å². The van der Waals surface area contributed by atoms with Crippen LogP contribution in [-0.4, -0.2) is 11.3 Å². The van der Waals surface area contributed by atoms with Gasteiger partial charge in [0.2, 0.25) is 0 Å². The number of benzene rings is 1. The van der Waals surface area contributed by atoms with Crippen molar-refractivity contribution in [3.63, 3.8) is 0 Å². The molecule has 2 aliphatic rings. The van der Waals surface area contributed by atoms with Gasteiger partial charge in [0.15, 0.2) is 0 Å². The van der Waals surface area contributed by atoms with Crippen LogP contribution in [0.5, 0.6) is 0 Å². The summed E-state index contributed by atoms with van der Waals surface area (Å²) >= 11 is 0. The van der Waals surface area contributed by atoms with Crippen molar-refractivity contribution < 1.29 is 4.79 Å². The molecule has 0 spiro atoms. The molecule has 2 heteroatoms. The van der Waals surface area contributed by atoms with Gasteiger partial charge in [0.25, 0.3) is 0 Å². The van der Waals surface area contributed by atoms with Crippen molar-refractivity contribution in [1.29, 1.82) is 0 Å². The monoisotopic (exact) mass is 257 g/mol. The van der Waals surface area contributed by atoms with Crippen LogP contribution in [0.2, 0.25) is 0 Å². The van der Waals surface area contributed by atoms with Crippen molar-refractivity contribution in [2.45, 2.75) is 56.4 Å². The van der Waals surface area contributed by atoms with E-state index in [2.05, 4.69) is 24.3 Å². The highest BCUT2D eigenvalue weighted by molar-refractivity contribution is 5.86. The van der Waals surface area contributed by atoms with Gasteiger partial charge in [-0.25, -0.2) is 0 Å². The minimum Gasteiger partial charge on any atom is -0.325 e. The standard InChI is InChI=1S/C17H23NO/c18-17(9-5-2-6-10-17)12-16(19)15-11-14(15)13-7-3-1-4-8-13/h1,3-4,7-8,14-15H,2,5-6,9-12,18H2. The largest absolute Gasteiger partial charge is 0.325 e. The summed E-state index contributed by atoms with van der Waals surface area (Å²) in [5, 5.41) is 0. The Morgan fingerprint density at radius 2 is 1.84 bits per heavy atom. The molecule has 2 unspecified atom stereocenters. The highest BCUT2D eigenvalue weighted by atomic mass is 16.1. The lowest BCUT2D eigenvalue weighted by Gasteiger charge is -2.32. The average Bonchev–Trinajstić information content (AvgIpc) is 3.20. The lowest BCUT2D eigenvalue weighted by molar-refractivity contribution is -0.121. The number of hydrogen-bond acceptors (Lipinski definition) is 2. The van der Waals surface area contributed by atoms with Crippen LogP contribution in [-0.2, 0) is 4.79 Å². The Bertz CT molecular complexity index is 448. The third kappa shape index (κ3) is 2.89. The molecule has 1 aromatic carbocycles. The molecule has 0 aliphatic heterocycles. The van der Waals surface area contributed by atoms with Gasteiger partial charge in [-0.1, -0.05) is 49.6 Å². The molecule has 0 aromatic heterocycles. The maximum Gasteiger partial charge on any atom is 0.138 e. The number of carbonyl (C=O) groups is 1. The highest BCUT2D eigenvalue weighted by Crippen LogP contribution is 2.49. The normalized spacial score (nSPS) is 28.9. The lowest BCUT2D eigenvalue weighted by atomic mass is 9.78. The van der Waals surface area contributed by atoms with Crippen molar-refractivity contribution in [2.75, 3.05) is 0 Å². The van der Waals surface area contributed by atoms with Crippen LogP contribution in [0.1, 0.15) is 56.4 Å². The minimum atomic E-state index is -0.195. The summed E-state index contributed by atoms with van der Waals surface area (Å²) in [6, 6.07) is 10.4. The second-order valence-corrected chi connectivity index (χ2v) is 6.43. The first-order valence-corrected chi connectivity index (χ1v) is 7.54. The predicted molar refractivity (Wildman–Crippen MR) is 76.9 cm³/mol. The van der Waals surface area contributed by atoms with Gasteiger partial charge in [0, 0.05) is 17.9 Å². The first-order chi connectivity index (χ1) is 9.18. The summed E-state index contributed by atoms with van der Waals surface area (Å²) in [4.78, 5) is 12.4. The molecule has 102 valence electrons. The van der Waals surface area contributed by atoms with Crippen molar-refractivity contribution in [3.8, 4) is 0 Å². The average molecular weight is 257 g/mol. The molecule has 19 heavy (non-hydrogen) atoms. The SMILES string of the molecule is NC1(CC(=O)C2CC2c2ccccc2)CCCCC1. The van der Waals surface area contributed by atoms with Crippen LogP contribution in [0.25, 0.3) is 0 Å². The maximum atomic E-state index is 12.4.